The SMILES string of the molecule is NC(=O)CCNOCC(F)(F)F. The van der Waals surface area contributed by atoms with Gasteiger partial charge in [0.1, 0.15) is 0 Å². The molecular formula is C5H9F3N2O2. The fourth-order valence-electron chi connectivity index (χ4n) is 0.379. The van der Waals surface area contributed by atoms with Gasteiger partial charge in [-0.1, -0.05) is 0 Å². The van der Waals surface area contributed by atoms with Crippen LogP contribution >= 0.6 is 0 Å². The molecule has 0 aliphatic carbocycles. The molecule has 0 spiro atoms. The second-order valence-corrected chi connectivity index (χ2v) is 2.01. The van der Waals surface area contributed by atoms with Gasteiger partial charge < -0.3 is 5.73 Å². The minimum absolute atomic E-state index is 0.0224. The number of alkyl halides is 3. The van der Waals surface area contributed by atoms with Crippen LogP contribution in [0.1, 0.15) is 6.42 Å². The number of rotatable bonds is 5. The molecule has 0 aromatic carbocycles. The predicted octanol–water partition coefficient (Wildman–Crippen LogP) is -0.0547. The van der Waals surface area contributed by atoms with Crippen LogP contribution in [0.2, 0.25) is 0 Å². The van der Waals surface area contributed by atoms with Crippen molar-refractivity contribution in [3.63, 3.8) is 0 Å². The molecule has 1 amide bonds. The zero-order valence-corrected chi connectivity index (χ0v) is 6.15. The third-order valence-electron chi connectivity index (χ3n) is 0.811. The Hall–Kier alpha value is -0.820. The Bertz CT molecular complexity index is 148. The summed E-state index contributed by atoms with van der Waals surface area (Å²) >= 11 is 0. The summed E-state index contributed by atoms with van der Waals surface area (Å²) in [7, 11) is 0. The van der Waals surface area contributed by atoms with Gasteiger partial charge in [-0.3, -0.25) is 9.63 Å². The lowest BCUT2D eigenvalue weighted by atomic mass is 10.4. The molecule has 0 aromatic rings. The van der Waals surface area contributed by atoms with E-state index in [1.807, 2.05) is 5.48 Å². The summed E-state index contributed by atoms with van der Waals surface area (Å²) in [5.41, 5.74) is 6.66. The smallest absolute Gasteiger partial charge is 0.370 e. The molecule has 0 radical (unpaired) electrons. The number of nitrogens with two attached hydrogens (primary N) is 1. The third-order valence-corrected chi connectivity index (χ3v) is 0.811. The van der Waals surface area contributed by atoms with Crippen LogP contribution < -0.4 is 11.2 Å². The third kappa shape index (κ3) is 9.18. The molecule has 0 fully saturated rings. The Morgan fingerprint density at radius 1 is 1.50 bits per heavy atom. The molecule has 0 saturated carbocycles. The largest absolute Gasteiger partial charge is 0.413 e. The zero-order valence-electron chi connectivity index (χ0n) is 6.15. The van der Waals surface area contributed by atoms with Crippen molar-refractivity contribution in [3.05, 3.63) is 0 Å². The fraction of sp³-hybridized carbons (Fsp3) is 0.800. The number of amides is 1. The van der Waals surface area contributed by atoms with Gasteiger partial charge in [-0.15, -0.1) is 0 Å². The lowest BCUT2D eigenvalue weighted by Crippen LogP contribution is -2.27. The van der Waals surface area contributed by atoms with Crippen LogP contribution in [0.15, 0.2) is 0 Å². The van der Waals surface area contributed by atoms with E-state index in [9.17, 15) is 18.0 Å². The van der Waals surface area contributed by atoms with Crippen LogP contribution in [0.4, 0.5) is 13.2 Å². The van der Waals surface area contributed by atoms with Crippen molar-refractivity contribution < 1.29 is 22.8 Å². The zero-order chi connectivity index (χ0) is 9.61. The molecule has 0 atom stereocenters. The van der Waals surface area contributed by atoms with Crippen molar-refractivity contribution in [2.45, 2.75) is 12.6 Å². The number of primary amides is 1. The highest BCUT2D eigenvalue weighted by Gasteiger charge is 2.27. The van der Waals surface area contributed by atoms with Gasteiger partial charge in [0.15, 0.2) is 6.61 Å². The topological polar surface area (TPSA) is 64.4 Å². The van der Waals surface area contributed by atoms with E-state index in [1.165, 1.54) is 0 Å². The first-order valence-electron chi connectivity index (χ1n) is 3.11. The van der Waals surface area contributed by atoms with Crippen molar-refractivity contribution in [1.82, 2.24) is 5.48 Å². The van der Waals surface area contributed by atoms with E-state index in [4.69, 9.17) is 5.73 Å². The number of hydrogen-bond acceptors (Lipinski definition) is 3. The summed E-state index contributed by atoms with van der Waals surface area (Å²) in [6.07, 6.45) is -4.42. The number of halogens is 3. The van der Waals surface area contributed by atoms with Gasteiger partial charge in [0.05, 0.1) is 0 Å². The Morgan fingerprint density at radius 3 is 2.50 bits per heavy atom. The van der Waals surface area contributed by atoms with Crippen molar-refractivity contribution in [3.8, 4) is 0 Å². The average molecular weight is 186 g/mol. The summed E-state index contributed by atoms with van der Waals surface area (Å²) in [6, 6.07) is 0. The first-order valence-corrected chi connectivity index (χ1v) is 3.11. The van der Waals surface area contributed by atoms with Crippen LogP contribution in [0, 0.1) is 0 Å². The number of carbonyl (C=O) groups is 1. The summed E-state index contributed by atoms with van der Waals surface area (Å²) in [5.74, 6) is -0.599. The van der Waals surface area contributed by atoms with Gasteiger partial charge in [0.25, 0.3) is 0 Å². The minimum Gasteiger partial charge on any atom is -0.370 e. The van der Waals surface area contributed by atoms with Gasteiger partial charge in [0.2, 0.25) is 5.91 Å². The fourth-order valence-corrected chi connectivity index (χ4v) is 0.379. The molecule has 0 aromatic heterocycles. The summed E-state index contributed by atoms with van der Waals surface area (Å²) in [5, 5.41) is 0. The van der Waals surface area contributed by atoms with Crippen molar-refractivity contribution in [2.75, 3.05) is 13.2 Å². The van der Waals surface area contributed by atoms with E-state index in [2.05, 4.69) is 4.84 Å². The highest BCUT2D eigenvalue weighted by atomic mass is 19.4. The quantitative estimate of drug-likeness (QED) is 0.467. The summed E-state index contributed by atoms with van der Waals surface area (Å²) < 4.78 is 34.2. The van der Waals surface area contributed by atoms with Crippen molar-refractivity contribution in [2.24, 2.45) is 5.73 Å². The van der Waals surface area contributed by atoms with Crippen LogP contribution in [-0.2, 0) is 9.63 Å². The molecule has 3 N–H and O–H groups in total. The second-order valence-electron chi connectivity index (χ2n) is 2.01. The molecule has 0 bridgehead atoms. The molecule has 12 heavy (non-hydrogen) atoms. The molecule has 4 nitrogen and oxygen atoms in total. The molecule has 0 aliphatic heterocycles. The minimum atomic E-state index is -4.36. The predicted molar refractivity (Wildman–Crippen MR) is 33.8 cm³/mol. The second kappa shape index (κ2) is 4.94. The first-order chi connectivity index (χ1) is 5.42. The van der Waals surface area contributed by atoms with Crippen LogP contribution in [0.25, 0.3) is 0 Å². The Labute approximate surface area is 66.8 Å². The van der Waals surface area contributed by atoms with Gasteiger partial charge in [0, 0.05) is 13.0 Å². The molecule has 0 rings (SSSR count). The van der Waals surface area contributed by atoms with E-state index in [-0.39, 0.29) is 13.0 Å². The van der Waals surface area contributed by atoms with E-state index in [1.54, 1.807) is 0 Å². The number of carbonyl (C=O) groups excluding carboxylic acids is 1. The van der Waals surface area contributed by atoms with Crippen LogP contribution in [-0.4, -0.2) is 25.2 Å². The first kappa shape index (κ1) is 11.2. The number of hydroxylamine groups is 1. The normalized spacial score (nSPS) is 11.6. The van der Waals surface area contributed by atoms with Gasteiger partial charge in [-0.2, -0.15) is 13.2 Å². The molecular weight excluding hydrogens is 177 g/mol. The maximum Gasteiger partial charge on any atom is 0.413 e. The molecule has 0 unspecified atom stereocenters. The van der Waals surface area contributed by atoms with Crippen molar-refractivity contribution in [1.29, 1.82) is 0 Å². The number of nitrogens with one attached hydrogen (secondary N) is 1. The Balaban J connectivity index is 3.17. The van der Waals surface area contributed by atoms with Gasteiger partial charge in [-0.05, 0) is 0 Å². The van der Waals surface area contributed by atoms with Crippen LogP contribution in [0.5, 0.6) is 0 Å². The Kier molecular flexibility index (Phi) is 4.60. The van der Waals surface area contributed by atoms with E-state index in [0.29, 0.717) is 0 Å². The monoisotopic (exact) mass is 186 g/mol. The highest BCUT2D eigenvalue weighted by Crippen LogP contribution is 2.13. The van der Waals surface area contributed by atoms with E-state index in [0.717, 1.165) is 0 Å². The Morgan fingerprint density at radius 2 is 2.08 bits per heavy atom. The molecule has 72 valence electrons. The maximum absolute atomic E-state index is 11.4. The molecule has 0 saturated heterocycles. The lowest BCUT2D eigenvalue weighted by Gasteiger charge is -2.06. The molecule has 0 aliphatic rings. The maximum atomic E-state index is 11.4. The van der Waals surface area contributed by atoms with E-state index < -0.39 is 18.7 Å². The average Bonchev–Trinajstić information content (AvgIpc) is 1.83. The van der Waals surface area contributed by atoms with E-state index >= 15 is 0 Å². The van der Waals surface area contributed by atoms with Crippen molar-refractivity contribution >= 4 is 5.91 Å². The lowest BCUT2D eigenvalue weighted by molar-refractivity contribution is -0.189. The van der Waals surface area contributed by atoms with Crippen LogP contribution in [0.3, 0.4) is 0 Å². The number of hydrogen-bond donors (Lipinski definition) is 2. The molecule has 0 heterocycles. The standard InChI is InChI=1S/C5H9F3N2O2/c6-5(7,8)3-12-10-2-1-4(9)11/h10H,1-3H2,(H2,9,11). The summed E-state index contributed by atoms with van der Waals surface area (Å²) in [4.78, 5) is 14.0. The summed E-state index contributed by atoms with van der Waals surface area (Å²) in [6.45, 7) is -1.41. The molecule has 7 heteroatoms. The highest BCUT2D eigenvalue weighted by molar-refractivity contribution is 5.73. The van der Waals surface area contributed by atoms with Gasteiger partial charge >= 0.3 is 6.18 Å². The van der Waals surface area contributed by atoms with Gasteiger partial charge in [-0.25, -0.2) is 5.48 Å².